The van der Waals surface area contributed by atoms with Gasteiger partial charge in [0.15, 0.2) is 0 Å². The molecular weight excluding hydrogens is 436 g/mol. The number of methoxy groups -OCH3 is 1. The highest BCUT2D eigenvalue weighted by atomic mass is 32.2. The van der Waals surface area contributed by atoms with Crippen molar-refractivity contribution in [3.63, 3.8) is 0 Å². The number of para-hydroxylation sites is 1. The highest BCUT2D eigenvalue weighted by Crippen LogP contribution is 2.26. The van der Waals surface area contributed by atoms with Gasteiger partial charge in [-0.05, 0) is 61.7 Å². The Balaban J connectivity index is 1.87. The first-order valence-corrected chi connectivity index (χ1v) is 12.3. The van der Waals surface area contributed by atoms with E-state index in [0.29, 0.717) is 12.1 Å². The first-order valence-electron chi connectivity index (χ1n) is 10.8. The number of sulfonamides is 1. The Kier molecular flexibility index (Phi) is 7.76. The summed E-state index contributed by atoms with van der Waals surface area (Å²) in [6, 6.07) is 20.8. The topological polar surface area (TPSA) is 75.7 Å². The number of nitrogens with one attached hydrogen (secondary N) is 1. The zero-order valence-corrected chi connectivity index (χ0v) is 20.2. The number of nitrogens with zero attached hydrogens (tertiary/aromatic N) is 1. The van der Waals surface area contributed by atoms with E-state index in [-0.39, 0.29) is 23.4 Å². The lowest BCUT2D eigenvalue weighted by atomic mass is 10.0. The van der Waals surface area contributed by atoms with E-state index in [0.717, 1.165) is 26.7 Å². The quantitative estimate of drug-likeness (QED) is 0.493. The van der Waals surface area contributed by atoms with Gasteiger partial charge in [0.05, 0.1) is 23.7 Å². The first kappa shape index (κ1) is 24.3. The third-order valence-corrected chi connectivity index (χ3v) is 7.29. The van der Waals surface area contributed by atoms with Gasteiger partial charge in [-0.25, -0.2) is 8.42 Å². The average molecular weight is 467 g/mol. The van der Waals surface area contributed by atoms with Crippen LogP contribution >= 0.6 is 0 Å². The lowest BCUT2D eigenvalue weighted by Crippen LogP contribution is -2.42. The second-order valence-electron chi connectivity index (χ2n) is 7.92. The van der Waals surface area contributed by atoms with Crippen molar-refractivity contribution in [1.29, 1.82) is 0 Å². The number of rotatable bonds is 9. The minimum Gasteiger partial charge on any atom is -0.496 e. The standard InChI is InChI=1S/C26H30N2O4S/c1-5-24(21-13-16-25(32-4)20(3)17-21)27-26(29)18-28(22-9-7-6-8-10-22)33(30,31)23-14-11-19(2)12-15-23/h6-17,24H,5,18H2,1-4H3,(H,27,29)/t24-/m0/s1. The number of hydrogen-bond donors (Lipinski definition) is 1. The van der Waals surface area contributed by atoms with Crippen molar-refractivity contribution in [2.45, 2.75) is 38.1 Å². The molecule has 6 nitrogen and oxygen atoms in total. The molecule has 1 atom stereocenters. The fourth-order valence-electron chi connectivity index (χ4n) is 3.66. The molecule has 0 aliphatic rings. The third kappa shape index (κ3) is 5.73. The molecule has 0 aliphatic carbocycles. The van der Waals surface area contributed by atoms with Crippen LogP contribution in [0, 0.1) is 13.8 Å². The van der Waals surface area contributed by atoms with E-state index in [9.17, 15) is 13.2 Å². The van der Waals surface area contributed by atoms with Crippen molar-refractivity contribution in [1.82, 2.24) is 5.32 Å². The number of carbonyl (C=O) groups excluding carboxylic acids is 1. The second-order valence-corrected chi connectivity index (χ2v) is 9.78. The van der Waals surface area contributed by atoms with Gasteiger partial charge in [-0.2, -0.15) is 0 Å². The predicted molar refractivity (Wildman–Crippen MR) is 131 cm³/mol. The Morgan fingerprint density at radius 1 is 1.00 bits per heavy atom. The summed E-state index contributed by atoms with van der Waals surface area (Å²) in [7, 11) is -2.31. The number of carbonyl (C=O) groups is 1. The zero-order valence-electron chi connectivity index (χ0n) is 19.4. The largest absolute Gasteiger partial charge is 0.496 e. The lowest BCUT2D eigenvalue weighted by molar-refractivity contribution is -0.120. The molecule has 0 aromatic heterocycles. The fraction of sp³-hybridized carbons (Fsp3) is 0.269. The van der Waals surface area contributed by atoms with Gasteiger partial charge in [0.25, 0.3) is 10.0 Å². The van der Waals surface area contributed by atoms with Gasteiger partial charge >= 0.3 is 0 Å². The van der Waals surface area contributed by atoms with Crippen molar-refractivity contribution in [2.75, 3.05) is 18.0 Å². The Morgan fingerprint density at radius 3 is 2.24 bits per heavy atom. The maximum atomic E-state index is 13.5. The number of benzene rings is 3. The first-order chi connectivity index (χ1) is 15.8. The van der Waals surface area contributed by atoms with Crippen LogP contribution in [0.1, 0.15) is 36.1 Å². The van der Waals surface area contributed by atoms with Crippen molar-refractivity contribution >= 4 is 21.6 Å². The molecule has 0 fully saturated rings. The molecule has 0 heterocycles. The van der Waals surface area contributed by atoms with E-state index in [1.54, 1.807) is 61.7 Å². The molecule has 0 unspecified atom stereocenters. The normalized spacial score (nSPS) is 12.1. The highest BCUT2D eigenvalue weighted by Gasteiger charge is 2.28. The molecule has 174 valence electrons. The van der Waals surface area contributed by atoms with Crippen LogP contribution in [0.2, 0.25) is 0 Å². The third-order valence-electron chi connectivity index (χ3n) is 5.51. The van der Waals surface area contributed by atoms with E-state index >= 15 is 0 Å². The molecule has 0 saturated carbocycles. The summed E-state index contributed by atoms with van der Waals surface area (Å²) in [5, 5.41) is 2.99. The molecule has 1 N–H and O–H groups in total. The number of hydrogen-bond acceptors (Lipinski definition) is 4. The maximum Gasteiger partial charge on any atom is 0.264 e. The Morgan fingerprint density at radius 2 is 1.67 bits per heavy atom. The van der Waals surface area contributed by atoms with Crippen molar-refractivity contribution < 1.29 is 17.9 Å². The molecule has 1 amide bonds. The summed E-state index contributed by atoms with van der Waals surface area (Å²) in [4.78, 5) is 13.2. The molecule has 3 aromatic rings. The van der Waals surface area contributed by atoms with E-state index in [1.165, 1.54) is 0 Å². The molecule has 0 saturated heterocycles. The zero-order chi connectivity index (χ0) is 24.0. The minimum atomic E-state index is -3.93. The molecule has 0 spiro atoms. The van der Waals surface area contributed by atoms with Crippen LogP contribution in [0.15, 0.2) is 77.7 Å². The van der Waals surface area contributed by atoms with Gasteiger partial charge in [-0.1, -0.05) is 55.0 Å². The maximum absolute atomic E-state index is 13.5. The Bertz CT molecular complexity index is 1190. The predicted octanol–water partition coefficient (Wildman–Crippen LogP) is 4.77. The molecule has 33 heavy (non-hydrogen) atoms. The molecule has 0 bridgehead atoms. The molecular formula is C26H30N2O4S. The van der Waals surface area contributed by atoms with Gasteiger partial charge in [0, 0.05) is 0 Å². The minimum absolute atomic E-state index is 0.141. The van der Waals surface area contributed by atoms with Crippen LogP contribution in [-0.4, -0.2) is 28.0 Å². The average Bonchev–Trinajstić information content (AvgIpc) is 2.81. The van der Waals surface area contributed by atoms with Crippen LogP contribution in [0.4, 0.5) is 5.69 Å². The number of aryl methyl sites for hydroxylation is 2. The summed E-state index contributed by atoms with van der Waals surface area (Å²) in [6.45, 7) is 5.49. The van der Waals surface area contributed by atoms with Crippen molar-refractivity contribution in [3.8, 4) is 5.75 Å². The molecule has 0 radical (unpaired) electrons. The SMILES string of the molecule is CC[C@H](NC(=O)CN(c1ccccc1)S(=O)(=O)c1ccc(C)cc1)c1ccc(OC)c(C)c1. The highest BCUT2D eigenvalue weighted by molar-refractivity contribution is 7.92. The molecule has 7 heteroatoms. The molecule has 0 aliphatic heterocycles. The van der Waals surface area contributed by atoms with E-state index < -0.39 is 10.0 Å². The smallest absolute Gasteiger partial charge is 0.264 e. The van der Waals surface area contributed by atoms with Gasteiger partial charge in [0.1, 0.15) is 12.3 Å². The van der Waals surface area contributed by atoms with Crippen LogP contribution in [0.3, 0.4) is 0 Å². The number of ether oxygens (including phenoxy) is 1. The van der Waals surface area contributed by atoms with Gasteiger partial charge in [-0.3, -0.25) is 9.10 Å². The van der Waals surface area contributed by atoms with Crippen molar-refractivity contribution in [3.05, 3.63) is 89.5 Å². The second kappa shape index (κ2) is 10.5. The van der Waals surface area contributed by atoms with E-state index in [4.69, 9.17) is 4.74 Å². The van der Waals surface area contributed by atoms with Gasteiger partial charge < -0.3 is 10.1 Å². The lowest BCUT2D eigenvalue weighted by Gasteiger charge is -2.26. The van der Waals surface area contributed by atoms with Gasteiger partial charge in [-0.15, -0.1) is 0 Å². The number of anilines is 1. The van der Waals surface area contributed by atoms with Crippen LogP contribution in [0.25, 0.3) is 0 Å². The number of amides is 1. The van der Waals surface area contributed by atoms with Crippen LogP contribution in [-0.2, 0) is 14.8 Å². The summed E-state index contributed by atoms with van der Waals surface area (Å²) in [6.07, 6.45) is 0.660. The summed E-state index contributed by atoms with van der Waals surface area (Å²) in [5.74, 6) is 0.397. The molecule has 3 rings (SSSR count). The van der Waals surface area contributed by atoms with E-state index in [2.05, 4.69) is 5.32 Å². The van der Waals surface area contributed by atoms with E-state index in [1.807, 2.05) is 39.0 Å². The van der Waals surface area contributed by atoms with Crippen molar-refractivity contribution in [2.24, 2.45) is 0 Å². The fourth-order valence-corrected chi connectivity index (χ4v) is 5.08. The van der Waals surface area contributed by atoms with Crippen LogP contribution < -0.4 is 14.4 Å². The summed E-state index contributed by atoms with van der Waals surface area (Å²) in [5.41, 5.74) is 3.30. The Labute approximate surface area is 196 Å². The molecule has 3 aromatic carbocycles. The summed E-state index contributed by atoms with van der Waals surface area (Å²) >= 11 is 0. The summed E-state index contributed by atoms with van der Waals surface area (Å²) < 4.78 is 33.4. The van der Waals surface area contributed by atoms with Crippen LogP contribution in [0.5, 0.6) is 5.75 Å². The van der Waals surface area contributed by atoms with Gasteiger partial charge in [0.2, 0.25) is 5.91 Å². The monoisotopic (exact) mass is 466 g/mol. The Hall–Kier alpha value is -3.32.